The number of carbonyl (C=O) groups is 1. The van der Waals surface area contributed by atoms with Gasteiger partial charge in [-0.15, -0.1) is 0 Å². The van der Waals surface area contributed by atoms with Gasteiger partial charge in [0.05, 0.1) is 0 Å². The molecule has 16 heavy (non-hydrogen) atoms. The lowest BCUT2D eigenvalue weighted by molar-refractivity contribution is 0.115. The molecule has 0 fully saturated rings. The van der Waals surface area contributed by atoms with E-state index in [1.807, 2.05) is 0 Å². The smallest absolute Gasteiger partial charge is 0.409 e. The molecule has 4 nitrogen and oxygen atoms in total. The van der Waals surface area contributed by atoms with E-state index >= 15 is 0 Å². The van der Waals surface area contributed by atoms with Crippen molar-refractivity contribution >= 4 is 29.3 Å². The largest absolute Gasteiger partial charge is 0.445 e. The van der Waals surface area contributed by atoms with Crippen molar-refractivity contribution in [1.82, 2.24) is 5.32 Å². The second-order valence-corrected chi connectivity index (χ2v) is 3.77. The number of carbonyl (C=O) groups excluding carboxylic acids is 1. The van der Waals surface area contributed by atoms with E-state index in [1.165, 1.54) is 7.11 Å². The second-order valence-electron chi connectivity index (χ2n) is 2.92. The van der Waals surface area contributed by atoms with Crippen LogP contribution in [0, 0.1) is 0 Å². The first kappa shape index (κ1) is 13.1. The van der Waals surface area contributed by atoms with Gasteiger partial charge in [0.2, 0.25) is 0 Å². The first-order valence-corrected chi connectivity index (χ1v) is 5.22. The Morgan fingerprint density at radius 3 is 2.81 bits per heavy atom. The third kappa shape index (κ3) is 4.26. The molecule has 1 N–H and O–H groups in total. The van der Waals surface area contributed by atoms with Crippen LogP contribution in [0.1, 0.15) is 5.56 Å². The number of rotatable bonds is 4. The summed E-state index contributed by atoms with van der Waals surface area (Å²) in [6.45, 7) is 0.193. The number of methoxy groups -OCH3 is 1. The van der Waals surface area contributed by atoms with E-state index < -0.39 is 6.09 Å². The maximum atomic E-state index is 11.1. The van der Waals surface area contributed by atoms with Gasteiger partial charge < -0.3 is 9.47 Å². The maximum absolute atomic E-state index is 11.1. The SMILES string of the molecule is COCNC(=O)OCc1ccc(Cl)cc1Cl. The van der Waals surface area contributed by atoms with E-state index in [1.54, 1.807) is 18.2 Å². The first-order chi connectivity index (χ1) is 7.63. The van der Waals surface area contributed by atoms with Gasteiger partial charge in [-0.3, -0.25) is 5.32 Å². The van der Waals surface area contributed by atoms with Crippen LogP contribution in [-0.2, 0) is 16.1 Å². The molecule has 1 aromatic carbocycles. The van der Waals surface area contributed by atoms with E-state index in [4.69, 9.17) is 27.9 Å². The minimum Gasteiger partial charge on any atom is -0.445 e. The van der Waals surface area contributed by atoms with Gasteiger partial charge in [-0.1, -0.05) is 29.3 Å². The van der Waals surface area contributed by atoms with Crippen molar-refractivity contribution in [2.45, 2.75) is 6.61 Å². The van der Waals surface area contributed by atoms with Crippen molar-refractivity contribution in [3.8, 4) is 0 Å². The van der Waals surface area contributed by atoms with E-state index in [0.29, 0.717) is 15.6 Å². The Bertz CT molecular complexity index is 371. The van der Waals surface area contributed by atoms with Crippen molar-refractivity contribution in [3.63, 3.8) is 0 Å². The van der Waals surface area contributed by atoms with Crippen LogP contribution in [-0.4, -0.2) is 19.9 Å². The van der Waals surface area contributed by atoms with Gasteiger partial charge in [-0.2, -0.15) is 0 Å². The van der Waals surface area contributed by atoms with Crippen LogP contribution in [0.2, 0.25) is 10.0 Å². The zero-order chi connectivity index (χ0) is 12.0. The van der Waals surface area contributed by atoms with E-state index in [0.717, 1.165) is 0 Å². The first-order valence-electron chi connectivity index (χ1n) is 4.47. The predicted molar refractivity (Wildman–Crippen MR) is 61.7 cm³/mol. The molecule has 0 aliphatic heterocycles. The molecule has 0 unspecified atom stereocenters. The summed E-state index contributed by atoms with van der Waals surface area (Å²) in [4.78, 5) is 11.1. The number of ether oxygens (including phenoxy) is 2. The Kier molecular flexibility index (Phi) is 5.38. The third-order valence-electron chi connectivity index (χ3n) is 1.73. The summed E-state index contributed by atoms with van der Waals surface area (Å²) in [5.41, 5.74) is 0.693. The Morgan fingerprint density at radius 2 is 2.19 bits per heavy atom. The van der Waals surface area contributed by atoms with E-state index in [-0.39, 0.29) is 13.3 Å². The van der Waals surface area contributed by atoms with Crippen molar-refractivity contribution in [2.75, 3.05) is 13.8 Å². The molecule has 0 bridgehead atoms. The summed E-state index contributed by atoms with van der Waals surface area (Å²) in [5, 5.41) is 3.39. The summed E-state index contributed by atoms with van der Waals surface area (Å²) >= 11 is 11.6. The fourth-order valence-electron chi connectivity index (χ4n) is 0.964. The minimum absolute atomic E-state index is 0.0888. The molecule has 0 atom stereocenters. The standard InChI is InChI=1S/C10H11Cl2NO3/c1-15-6-13-10(14)16-5-7-2-3-8(11)4-9(7)12/h2-4H,5-6H2,1H3,(H,13,14). The van der Waals surface area contributed by atoms with Crippen molar-refractivity contribution in [3.05, 3.63) is 33.8 Å². The number of benzene rings is 1. The highest BCUT2D eigenvalue weighted by Gasteiger charge is 2.05. The van der Waals surface area contributed by atoms with Crippen molar-refractivity contribution in [1.29, 1.82) is 0 Å². The van der Waals surface area contributed by atoms with Crippen LogP contribution < -0.4 is 5.32 Å². The fraction of sp³-hybridized carbons (Fsp3) is 0.300. The Morgan fingerprint density at radius 1 is 1.44 bits per heavy atom. The van der Waals surface area contributed by atoms with Crippen LogP contribution in [0.5, 0.6) is 0 Å². The van der Waals surface area contributed by atoms with Crippen LogP contribution in [0.15, 0.2) is 18.2 Å². The molecular formula is C10H11Cl2NO3. The molecule has 0 aliphatic carbocycles. The lowest BCUT2D eigenvalue weighted by atomic mass is 10.2. The highest BCUT2D eigenvalue weighted by Crippen LogP contribution is 2.21. The Labute approximate surface area is 103 Å². The third-order valence-corrected chi connectivity index (χ3v) is 2.32. The lowest BCUT2D eigenvalue weighted by Gasteiger charge is -2.07. The van der Waals surface area contributed by atoms with Crippen molar-refractivity contribution in [2.24, 2.45) is 0 Å². The number of halogens is 2. The van der Waals surface area contributed by atoms with Gasteiger partial charge in [0, 0.05) is 22.7 Å². The molecule has 0 saturated heterocycles. The molecule has 1 amide bonds. The predicted octanol–water partition coefficient (Wildman–Crippen LogP) is 2.82. The van der Waals surface area contributed by atoms with Gasteiger partial charge in [0.25, 0.3) is 0 Å². The number of nitrogens with one attached hydrogen (secondary N) is 1. The minimum atomic E-state index is -0.562. The lowest BCUT2D eigenvalue weighted by Crippen LogP contribution is -2.26. The number of hydrogen-bond donors (Lipinski definition) is 1. The molecule has 0 radical (unpaired) electrons. The molecule has 0 heterocycles. The molecule has 1 rings (SSSR count). The maximum Gasteiger partial charge on any atom is 0.409 e. The van der Waals surface area contributed by atoms with Crippen molar-refractivity contribution < 1.29 is 14.3 Å². The van der Waals surface area contributed by atoms with Crippen LogP contribution in [0.25, 0.3) is 0 Å². The quantitative estimate of drug-likeness (QED) is 0.850. The highest BCUT2D eigenvalue weighted by atomic mass is 35.5. The zero-order valence-corrected chi connectivity index (χ0v) is 10.1. The Hall–Kier alpha value is -0.970. The highest BCUT2D eigenvalue weighted by molar-refractivity contribution is 6.35. The van der Waals surface area contributed by atoms with Gasteiger partial charge in [0.1, 0.15) is 13.3 Å². The van der Waals surface area contributed by atoms with Crippen LogP contribution in [0.3, 0.4) is 0 Å². The van der Waals surface area contributed by atoms with Gasteiger partial charge in [0.15, 0.2) is 0 Å². The van der Waals surface area contributed by atoms with Gasteiger partial charge >= 0.3 is 6.09 Å². The number of alkyl carbamates (subject to hydrolysis) is 1. The van der Waals surface area contributed by atoms with E-state index in [9.17, 15) is 4.79 Å². The molecule has 88 valence electrons. The van der Waals surface area contributed by atoms with Crippen LogP contribution in [0.4, 0.5) is 4.79 Å². The van der Waals surface area contributed by atoms with Gasteiger partial charge in [-0.25, -0.2) is 4.79 Å². The number of amides is 1. The Balaban J connectivity index is 2.45. The summed E-state index contributed by atoms with van der Waals surface area (Å²) in [6, 6.07) is 4.97. The molecule has 0 aromatic heterocycles. The topological polar surface area (TPSA) is 47.6 Å². The van der Waals surface area contributed by atoms with Crippen LogP contribution >= 0.6 is 23.2 Å². The fourth-order valence-corrected chi connectivity index (χ4v) is 1.43. The monoisotopic (exact) mass is 263 g/mol. The molecule has 0 spiro atoms. The van der Waals surface area contributed by atoms with E-state index in [2.05, 4.69) is 10.1 Å². The summed E-state index contributed by atoms with van der Waals surface area (Å²) in [6.07, 6.45) is -0.562. The summed E-state index contributed by atoms with van der Waals surface area (Å²) in [7, 11) is 1.47. The molecule has 0 saturated carbocycles. The zero-order valence-electron chi connectivity index (χ0n) is 8.63. The van der Waals surface area contributed by atoms with Gasteiger partial charge in [-0.05, 0) is 12.1 Å². The normalized spacial score (nSPS) is 9.94. The molecule has 6 heteroatoms. The number of hydrogen-bond acceptors (Lipinski definition) is 3. The molecule has 1 aromatic rings. The summed E-state index contributed by atoms with van der Waals surface area (Å²) < 4.78 is 9.54. The average molecular weight is 264 g/mol. The summed E-state index contributed by atoms with van der Waals surface area (Å²) in [5.74, 6) is 0. The molecule has 0 aliphatic rings. The second kappa shape index (κ2) is 6.58. The average Bonchev–Trinajstić information content (AvgIpc) is 2.25. The molecular weight excluding hydrogens is 253 g/mol.